The third-order valence-electron chi connectivity index (χ3n) is 5.34. The third kappa shape index (κ3) is 3.81. The number of hydrogen-bond donors (Lipinski definition) is 0. The van der Waals surface area contributed by atoms with E-state index in [0.717, 1.165) is 22.2 Å². The van der Waals surface area contributed by atoms with Gasteiger partial charge in [-0.05, 0) is 24.4 Å². The fourth-order valence-corrected chi connectivity index (χ4v) is 4.42. The summed E-state index contributed by atoms with van der Waals surface area (Å²) in [5.74, 6) is 2.37. The predicted molar refractivity (Wildman–Crippen MR) is 119 cm³/mol. The Hall–Kier alpha value is -3.53. The lowest BCUT2D eigenvalue weighted by Gasteiger charge is -2.35. The summed E-state index contributed by atoms with van der Waals surface area (Å²) < 4.78 is 3.54. The maximum atomic E-state index is 13.1. The number of nitrogens with zero attached hydrogens (tertiary/aromatic N) is 8. The van der Waals surface area contributed by atoms with E-state index in [9.17, 15) is 4.79 Å². The molecule has 5 heterocycles. The van der Waals surface area contributed by atoms with Crippen LogP contribution in [0.4, 0.5) is 5.82 Å². The molecular weight excluding hydrogens is 412 g/mol. The van der Waals surface area contributed by atoms with Crippen molar-refractivity contribution in [1.82, 2.24) is 34.2 Å². The average Bonchev–Trinajstić information content (AvgIpc) is 3.54. The zero-order valence-electron chi connectivity index (χ0n) is 17.3. The molecule has 1 saturated heterocycles. The Labute approximate surface area is 183 Å². The van der Waals surface area contributed by atoms with E-state index >= 15 is 0 Å². The van der Waals surface area contributed by atoms with Gasteiger partial charge < -0.3 is 9.80 Å². The number of hydrogen-bond acceptors (Lipinski definition) is 7. The van der Waals surface area contributed by atoms with Crippen LogP contribution in [0.1, 0.15) is 16.3 Å². The SMILES string of the molecule is Cc1nc(N2CCN(C(=O)c3cc(-c4cccs4)nn3C)CC2)cc(-n2ccnc2)n1. The number of piperazine rings is 1. The maximum Gasteiger partial charge on any atom is 0.272 e. The molecular formula is C21H22N8OS. The van der Waals surface area contributed by atoms with Crippen molar-refractivity contribution >= 4 is 23.1 Å². The number of thiophene rings is 1. The fraction of sp³-hybridized carbons (Fsp3) is 0.286. The Morgan fingerprint density at radius 3 is 2.61 bits per heavy atom. The highest BCUT2D eigenvalue weighted by molar-refractivity contribution is 7.13. The summed E-state index contributed by atoms with van der Waals surface area (Å²) in [6, 6.07) is 7.84. The molecule has 1 aliphatic heterocycles. The first-order valence-corrected chi connectivity index (χ1v) is 10.9. The van der Waals surface area contributed by atoms with E-state index in [0.29, 0.717) is 37.7 Å². The Morgan fingerprint density at radius 1 is 1.10 bits per heavy atom. The molecule has 0 aliphatic carbocycles. The van der Waals surface area contributed by atoms with Crippen molar-refractivity contribution < 1.29 is 4.79 Å². The molecule has 9 nitrogen and oxygen atoms in total. The largest absolute Gasteiger partial charge is 0.353 e. The van der Waals surface area contributed by atoms with Crippen molar-refractivity contribution in [3.05, 3.63) is 59.9 Å². The summed E-state index contributed by atoms with van der Waals surface area (Å²) in [6.45, 7) is 4.56. The molecule has 4 aromatic rings. The molecule has 0 spiro atoms. The van der Waals surface area contributed by atoms with Gasteiger partial charge >= 0.3 is 0 Å². The summed E-state index contributed by atoms with van der Waals surface area (Å²) in [4.78, 5) is 31.5. The normalized spacial score (nSPS) is 14.3. The molecule has 0 unspecified atom stereocenters. The highest BCUT2D eigenvalue weighted by Crippen LogP contribution is 2.25. The van der Waals surface area contributed by atoms with E-state index < -0.39 is 0 Å². The van der Waals surface area contributed by atoms with E-state index in [1.807, 2.05) is 59.3 Å². The molecule has 0 saturated carbocycles. The van der Waals surface area contributed by atoms with Crippen LogP contribution in [0, 0.1) is 6.92 Å². The summed E-state index contributed by atoms with van der Waals surface area (Å²) in [5.41, 5.74) is 1.44. The monoisotopic (exact) mass is 434 g/mol. The van der Waals surface area contributed by atoms with Crippen LogP contribution in [0.25, 0.3) is 16.4 Å². The molecule has 10 heteroatoms. The number of anilines is 1. The number of aromatic nitrogens is 6. The van der Waals surface area contributed by atoms with Gasteiger partial charge in [-0.25, -0.2) is 15.0 Å². The highest BCUT2D eigenvalue weighted by atomic mass is 32.1. The van der Waals surface area contributed by atoms with Crippen LogP contribution in [-0.2, 0) is 7.05 Å². The van der Waals surface area contributed by atoms with E-state index in [-0.39, 0.29) is 5.91 Å². The molecule has 5 rings (SSSR count). The third-order valence-corrected chi connectivity index (χ3v) is 6.24. The van der Waals surface area contributed by atoms with Gasteiger partial charge in [-0.2, -0.15) is 5.10 Å². The lowest BCUT2D eigenvalue weighted by atomic mass is 10.2. The van der Waals surface area contributed by atoms with E-state index in [2.05, 4.69) is 25.0 Å². The molecule has 1 aliphatic rings. The van der Waals surface area contributed by atoms with Gasteiger partial charge in [0, 0.05) is 51.7 Å². The Kier molecular flexibility index (Phi) is 4.99. The van der Waals surface area contributed by atoms with Gasteiger partial charge in [0.2, 0.25) is 0 Å². The second-order valence-corrected chi connectivity index (χ2v) is 8.34. The Balaban J connectivity index is 1.29. The number of rotatable bonds is 4. The number of amides is 1. The van der Waals surface area contributed by atoms with Crippen LogP contribution in [0.2, 0.25) is 0 Å². The molecule has 31 heavy (non-hydrogen) atoms. The van der Waals surface area contributed by atoms with Gasteiger partial charge in [-0.3, -0.25) is 14.0 Å². The van der Waals surface area contributed by atoms with Crippen LogP contribution in [0.15, 0.2) is 48.4 Å². The Morgan fingerprint density at radius 2 is 1.90 bits per heavy atom. The molecule has 0 aromatic carbocycles. The zero-order chi connectivity index (χ0) is 21.4. The zero-order valence-corrected chi connectivity index (χ0v) is 18.2. The summed E-state index contributed by atoms with van der Waals surface area (Å²) in [6.07, 6.45) is 5.31. The molecule has 158 valence electrons. The molecule has 1 amide bonds. The van der Waals surface area contributed by atoms with E-state index in [1.54, 1.807) is 28.5 Å². The van der Waals surface area contributed by atoms with E-state index in [4.69, 9.17) is 0 Å². The second-order valence-electron chi connectivity index (χ2n) is 7.40. The summed E-state index contributed by atoms with van der Waals surface area (Å²) in [5, 5.41) is 6.53. The van der Waals surface area contributed by atoms with Crippen molar-refractivity contribution in [3.8, 4) is 16.4 Å². The number of imidazole rings is 1. The molecule has 0 bridgehead atoms. The molecule has 0 radical (unpaired) electrons. The first kappa shape index (κ1) is 19.4. The van der Waals surface area contributed by atoms with Crippen LogP contribution >= 0.6 is 11.3 Å². The van der Waals surface area contributed by atoms with Gasteiger partial charge in [-0.15, -0.1) is 11.3 Å². The molecule has 4 aromatic heterocycles. The average molecular weight is 435 g/mol. The van der Waals surface area contributed by atoms with Gasteiger partial charge in [-0.1, -0.05) is 6.07 Å². The highest BCUT2D eigenvalue weighted by Gasteiger charge is 2.26. The van der Waals surface area contributed by atoms with Crippen molar-refractivity contribution in [2.45, 2.75) is 6.92 Å². The minimum Gasteiger partial charge on any atom is -0.353 e. The van der Waals surface area contributed by atoms with Crippen molar-refractivity contribution in [2.24, 2.45) is 7.05 Å². The quantitative estimate of drug-likeness (QED) is 0.490. The van der Waals surface area contributed by atoms with Crippen LogP contribution < -0.4 is 4.90 Å². The first-order chi connectivity index (χ1) is 15.1. The summed E-state index contributed by atoms with van der Waals surface area (Å²) in [7, 11) is 1.82. The fourth-order valence-electron chi connectivity index (χ4n) is 3.74. The van der Waals surface area contributed by atoms with Gasteiger partial charge in [0.1, 0.15) is 35.2 Å². The molecule has 0 N–H and O–H groups in total. The van der Waals surface area contributed by atoms with Gasteiger partial charge in [0.25, 0.3) is 5.91 Å². The van der Waals surface area contributed by atoms with Crippen molar-refractivity contribution in [1.29, 1.82) is 0 Å². The van der Waals surface area contributed by atoms with Crippen LogP contribution in [-0.4, -0.2) is 66.3 Å². The minimum absolute atomic E-state index is 0.00966. The summed E-state index contributed by atoms with van der Waals surface area (Å²) >= 11 is 1.62. The molecule has 1 fully saturated rings. The second kappa shape index (κ2) is 7.95. The van der Waals surface area contributed by atoms with Crippen LogP contribution in [0.5, 0.6) is 0 Å². The van der Waals surface area contributed by atoms with Crippen LogP contribution in [0.3, 0.4) is 0 Å². The maximum absolute atomic E-state index is 13.1. The number of carbonyl (C=O) groups is 1. The topological polar surface area (TPSA) is 85.0 Å². The molecule has 0 atom stereocenters. The smallest absolute Gasteiger partial charge is 0.272 e. The standard InChI is InChI=1S/C21H22N8OS/c1-15-23-19(13-20(24-15)29-6-5-22-14-29)27-7-9-28(10-8-27)21(30)17-12-16(25-26(17)2)18-4-3-11-31-18/h3-6,11-14H,7-10H2,1-2H3. The van der Waals surface area contributed by atoms with Gasteiger partial charge in [0.05, 0.1) is 4.88 Å². The number of carbonyl (C=O) groups excluding carboxylic acids is 1. The first-order valence-electron chi connectivity index (χ1n) is 10.0. The number of aryl methyl sites for hydroxylation is 2. The Bertz CT molecular complexity index is 1190. The van der Waals surface area contributed by atoms with Crippen molar-refractivity contribution in [3.63, 3.8) is 0 Å². The van der Waals surface area contributed by atoms with E-state index in [1.165, 1.54) is 0 Å². The van der Waals surface area contributed by atoms with Crippen molar-refractivity contribution in [2.75, 3.05) is 31.1 Å². The minimum atomic E-state index is 0.00966. The predicted octanol–water partition coefficient (Wildman–Crippen LogP) is 2.40. The lowest BCUT2D eigenvalue weighted by Crippen LogP contribution is -2.49. The lowest BCUT2D eigenvalue weighted by molar-refractivity contribution is 0.0735. The van der Waals surface area contributed by atoms with Gasteiger partial charge in [0.15, 0.2) is 0 Å².